The summed E-state index contributed by atoms with van der Waals surface area (Å²) in [5.41, 5.74) is 0.707. The normalized spacial score (nSPS) is 19.7. The van der Waals surface area contributed by atoms with Gasteiger partial charge in [0.1, 0.15) is 5.54 Å². The fourth-order valence-corrected chi connectivity index (χ4v) is 3.00. The third-order valence-electron chi connectivity index (χ3n) is 4.08. The van der Waals surface area contributed by atoms with Gasteiger partial charge < -0.3 is 4.74 Å². The quantitative estimate of drug-likeness (QED) is 0.846. The molecule has 1 saturated carbocycles. The molecule has 1 fully saturated rings. The molecule has 1 aromatic rings. The van der Waals surface area contributed by atoms with Crippen LogP contribution in [0.3, 0.4) is 0 Å². The third kappa shape index (κ3) is 3.16. The van der Waals surface area contributed by atoms with E-state index in [1.54, 1.807) is 0 Å². The van der Waals surface area contributed by atoms with Crippen LogP contribution >= 0.6 is 0 Å². The summed E-state index contributed by atoms with van der Waals surface area (Å²) in [7, 11) is 1.48. The number of ether oxygens (including phenoxy) is 1. The fraction of sp³-hybridized carbons (Fsp3) is 0.562. The number of rotatable bonds is 4. The van der Waals surface area contributed by atoms with E-state index in [0.29, 0.717) is 0 Å². The highest BCUT2D eigenvalue weighted by Gasteiger charge is 2.41. The molecule has 0 bridgehead atoms. The molecule has 19 heavy (non-hydrogen) atoms. The minimum absolute atomic E-state index is 0.116. The van der Waals surface area contributed by atoms with E-state index in [2.05, 4.69) is 24.4 Å². The van der Waals surface area contributed by atoms with Crippen LogP contribution in [0.4, 0.5) is 0 Å². The summed E-state index contributed by atoms with van der Waals surface area (Å²) < 4.78 is 5.03. The lowest BCUT2D eigenvalue weighted by Crippen LogP contribution is -2.54. The third-order valence-corrected chi connectivity index (χ3v) is 4.08. The predicted octanol–water partition coefficient (Wildman–Crippen LogP) is 3.21. The topological polar surface area (TPSA) is 38.3 Å². The summed E-state index contributed by atoms with van der Waals surface area (Å²) >= 11 is 0. The molecule has 104 valence electrons. The number of methoxy groups -OCH3 is 1. The number of carbonyl (C=O) groups excluding carboxylic acids is 1. The molecule has 1 aliphatic carbocycles. The highest BCUT2D eigenvalue weighted by Crippen LogP contribution is 2.31. The van der Waals surface area contributed by atoms with Crippen molar-refractivity contribution in [2.75, 3.05) is 7.11 Å². The van der Waals surface area contributed by atoms with Crippen molar-refractivity contribution in [2.45, 2.75) is 50.6 Å². The van der Waals surface area contributed by atoms with Crippen LogP contribution in [0.1, 0.15) is 50.6 Å². The van der Waals surface area contributed by atoms with E-state index < -0.39 is 5.54 Å². The Morgan fingerprint density at radius 2 is 1.84 bits per heavy atom. The molecule has 1 aromatic carbocycles. The molecule has 1 atom stereocenters. The maximum atomic E-state index is 12.2. The van der Waals surface area contributed by atoms with E-state index in [0.717, 1.165) is 25.7 Å². The van der Waals surface area contributed by atoms with Crippen molar-refractivity contribution in [3.63, 3.8) is 0 Å². The van der Waals surface area contributed by atoms with Crippen LogP contribution in [0.15, 0.2) is 30.3 Å². The van der Waals surface area contributed by atoms with Crippen LogP contribution in [0.5, 0.6) is 0 Å². The van der Waals surface area contributed by atoms with Crippen LogP contribution < -0.4 is 5.32 Å². The molecule has 2 rings (SSSR count). The summed E-state index contributed by atoms with van der Waals surface area (Å²) in [5.74, 6) is -0.116. The number of nitrogens with one attached hydrogen (secondary N) is 1. The molecule has 1 unspecified atom stereocenters. The number of hydrogen-bond acceptors (Lipinski definition) is 3. The summed E-state index contributed by atoms with van der Waals surface area (Å²) in [6.45, 7) is 2.11. The summed E-state index contributed by atoms with van der Waals surface area (Å²) in [4.78, 5) is 12.2. The molecule has 3 nitrogen and oxygen atoms in total. The van der Waals surface area contributed by atoms with Crippen molar-refractivity contribution in [3.8, 4) is 0 Å². The van der Waals surface area contributed by atoms with E-state index in [4.69, 9.17) is 4.74 Å². The van der Waals surface area contributed by atoms with Gasteiger partial charge in [0.25, 0.3) is 0 Å². The fourth-order valence-electron chi connectivity index (χ4n) is 3.00. The second-order valence-electron chi connectivity index (χ2n) is 5.41. The molecular formula is C16H23NO2. The lowest BCUT2D eigenvalue weighted by atomic mass is 9.80. The van der Waals surface area contributed by atoms with Crippen LogP contribution in [0.25, 0.3) is 0 Å². The van der Waals surface area contributed by atoms with Gasteiger partial charge in [-0.15, -0.1) is 0 Å². The Bertz CT molecular complexity index is 410. The van der Waals surface area contributed by atoms with E-state index in [1.807, 2.05) is 18.2 Å². The van der Waals surface area contributed by atoms with E-state index in [1.165, 1.54) is 19.1 Å². The van der Waals surface area contributed by atoms with Crippen LogP contribution in [-0.4, -0.2) is 18.6 Å². The first-order valence-electron chi connectivity index (χ1n) is 7.09. The Morgan fingerprint density at radius 3 is 2.42 bits per heavy atom. The summed E-state index contributed by atoms with van der Waals surface area (Å²) in [6.07, 6.45) is 5.13. The first-order chi connectivity index (χ1) is 9.18. The summed E-state index contributed by atoms with van der Waals surface area (Å²) in [5, 5.41) is 3.52. The number of carbonyl (C=O) groups is 1. The minimum Gasteiger partial charge on any atom is -0.468 e. The molecule has 1 N–H and O–H groups in total. The Kier molecular flexibility index (Phi) is 4.59. The average molecular weight is 261 g/mol. The molecule has 0 heterocycles. The zero-order valence-electron chi connectivity index (χ0n) is 11.8. The molecule has 1 aliphatic rings. The van der Waals surface area contributed by atoms with E-state index >= 15 is 0 Å². The van der Waals surface area contributed by atoms with Crippen molar-refractivity contribution < 1.29 is 9.53 Å². The van der Waals surface area contributed by atoms with Crippen molar-refractivity contribution >= 4 is 5.97 Å². The largest absolute Gasteiger partial charge is 0.468 e. The van der Waals surface area contributed by atoms with Gasteiger partial charge in [0, 0.05) is 6.04 Å². The Labute approximate surface area is 115 Å². The van der Waals surface area contributed by atoms with Crippen LogP contribution in [0, 0.1) is 0 Å². The molecule has 0 aliphatic heterocycles. The average Bonchev–Trinajstić information content (AvgIpc) is 2.48. The molecule has 0 radical (unpaired) electrons. The van der Waals surface area contributed by atoms with Gasteiger partial charge in [0.15, 0.2) is 0 Å². The number of esters is 1. The molecule has 0 amide bonds. The molecular weight excluding hydrogens is 238 g/mol. The van der Waals surface area contributed by atoms with Crippen LogP contribution in [-0.2, 0) is 9.53 Å². The van der Waals surface area contributed by atoms with Gasteiger partial charge in [0.2, 0.25) is 0 Å². The second kappa shape index (κ2) is 6.20. The SMILES string of the molecule is COC(=O)C1(NC(C)c2ccccc2)CCCCC1. The maximum absolute atomic E-state index is 12.2. The number of hydrogen-bond donors (Lipinski definition) is 1. The Balaban J connectivity index is 2.14. The molecule has 0 aromatic heterocycles. The lowest BCUT2D eigenvalue weighted by molar-refractivity contribution is -0.150. The molecule has 3 heteroatoms. The first-order valence-corrected chi connectivity index (χ1v) is 7.09. The second-order valence-corrected chi connectivity index (χ2v) is 5.41. The van der Waals surface area contributed by atoms with Crippen LogP contribution in [0.2, 0.25) is 0 Å². The van der Waals surface area contributed by atoms with Gasteiger partial charge >= 0.3 is 5.97 Å². The molecule has 0 spiro atoms. The Hall–Kier alpha value is -1.35. The molecule has 0 saturated heterocycles. The first kappa shape index (κ1) is 14.1. The zero-order valence-corrected chi connectivity index (χ0v) is 11.8. The van der Waals surface area contributed by atoms with Gasteiger partial charge in [-0.1, -0.05) is 49.6 Å². The van der Waals surface area contributed by atoms with Gasteiger partial charge in [-0.2, -0.15) is 0 Å². The highest BCUT2D eigenvalue weighted by atomic mass is 16.5. The summed E-state index contributed by atoms with van der Waals surface area (Å²) in [6, 6.07) is 10.4. The van der Waals surface area contributed by atoms with Crippen molar-refractivity contribution in [1.29, 1.82) is 0 Å². The number of benzene rings is 1. The Morgan fingerprint density at radius 1 is 1.21 bits per heavy atom. The predicted molar refractivity (Wildman–Crippen MR) is 75.8 cm³/mol. The van der Waals surface area contributed by atoms with E-state index in [9.17, 15) is 4.79 Å². The van der Waals surface area contributed by atoms with Crippen molar-refractivity contribution in [3.05, 3.63) is 35.9 Å². The van der Waals surface area contributed by atoms with E-state index in [-0.39, 0.29) is 12.0 Å². The monoisotopic (exact) mass is 261 g/mol. The van der Waals surface area contributed by atoms with Gasteiger partial charge in [-0.3, -0.25) is 10.1 Å². The van der Waals surface area contributed by atoms with Gasteiger partial charge in [0.05, 0.1) is 7.11 Å². The lowest BCUT2D eigenvalue weighted by Gasteiger charge is -2.37. The zero-order chi connectivity index (χ0) is 13.7. The van der Waals surface area contributed by atoms with Gasteiger partial charge in [-0.05, 0) is 25.3 Å². The standard InChI is InChI=1S/C16H23NO2/c1-13(14-9-5-3-6-10-14)17-16(15(18)19-2)11-7-4-8-12-16/h3,5-6,9-10,13,17H,4,7-8,11-12H2,1-2H3. The van der Waals surface area contributed by atoms with Gasteiger partial charge in [-0.25, -0.2) is 0 Å². The van der Waals surface area contributed by atoms with Crippen molar-refractivity contribution in [1.82, 2.24) is 5.32 Å². The smallest absolute Gasteiger partial charge is 0.326 e. The maximum Gasteiger partial charge on any atom is 0.326 e. The van der Waals surface area contributed by atoms with Crippen molar-refractivity contribution in [2.24, 2.45) is 0 Å². The minimum atomic E-state index is -0.498. The highest BCUT2D eigenvalue weighted by molar-refractivity contribution is 5.81.